The van der Waals surface area contributed by atoms with Crippen molar-refractivity contribution in [3.05, 3.63) is 29.3 Å². The summed E-state index contributed by atoms with van der Waals surface area (Å²) in [5.41, 5.74) is 2.08. The van der Waals surface area contributed by atoms with E-state index in [-0.39, 0.29) is 0 Å². The summed E-state index contributed by atoms with van der Waals surface area (Å²) >= 11 is 0. The molecule has 0 radical (unpaired) electrons. The quantitative estimate of drug-likeness (QED) is 0.883. The van der Waals surface area contributed by atoms with Crippen LogP contribution in [0.1, 0.15) is 41.6 Å². The molecule has 2 aliphatic rings. The standard InChI is InChI=1S/C15H16N2O2/c16-10-11-1-2-12(14(18)19)13(9-11)17-7-5-15(3-4-15)6-8-17/h1-2,9H,3-8H2,(H,18,19). The third-order valence-corrected chi connectivity index (χ3v) is 4.48. The van der Waals surface area contributed by atoms with Gasteiger partial charge in [-0.3, -0.25) is 0 Å². The highest BCUT2D eigenvalue weighted by atomic mass is 16.4. The fraction of sp³-hybridized carbons (Fsp3) is 0.467. The number of benzene rings is 1. The lowest BCUT2D eigenvalue weighted by atomic mass is 9.93. The Bertz CT molecular complexity index is 560. The molecule has 0 aromatic heterocycles. The lowest BCUT2D eigenvalue weighted by molar-refractivity contribution is 0.0697. The molecule has 98 valence electrons. The second-order valence-electron chi connectivity index (χ2n) is 5.64. The van der Waals surface area contributed by atoms with Crippen molar-refractivity contribution in [2.45, 2.75) is 25.7 Å². The Kier molecular flexibility index (Phi) is 2.70. The molecule has 1 saturated carbocycles. The van der Waals surface area contributed by atoms with Crippen molar-refractivity contribution in [3.63, 3.8) is 0 Å². The molecule has 3 rings (SSSR count). The molecule has 4 nitrogen and oxygen atoms in total. The van der Waals surface area contributed by atoms with Crippen molar-refractivity contribution in [2.24, 2.45) is 5.41 Å². The van der Waals surface area contributed by atoms with Crippen LogP contribution in [0.4, 0.5) is 5.69 Å². The number of carboxylic acid groups (broad SMARTS) is 1. The molecule has 0 bridgehead atoms. The first-order valence-corrected chi connectivity index (χ1v) is 6.66. The number of nitrogens with zero attached hydrogens (tertiary/aromatic N) is 2. The van der Waals surface area contributed by atoms with Crippen molar-refractivity contribution >= 4 is 11.7 Å². The van der Waals surface area contributed by atoms with Gasteiger partial charge >= 0.3 is 5.97 Å². The predicted octanol–water partition coefficient (Wildman–Crippen LogP) is 2.64. The number of hydrogen-bond acceptors (Lipinski definition) is 3. The van der Waals surface area contributed by atoms with Crippen LogP contribution >= 0.6 is 0 Å². The number of carboxylic acids is 1. The van der Waals surface area contributed by atoms with Gasteiger partial charge in [-0.2, -0.15) is 5.26 Å². The molecule has 19 heavy (non-hydrogen) atoms. The molecule has 1 spiro atoms. The van der Waals surface area contributed by atoms with Gasteiger partial charge in [0.15, 0.2) is 0 Å². The van der Waals surface area contributed by atoms with Crippen molar-refractivity contribution < 1.29 is 9.90 Å². The van der Waals surface area contributed by atoms with Gasteiger partial charge in [0.1, 0.15) is 0 Å². The number of rotatable bonds is 2. The fourth-order valence-electron chi connectivity index (χ4n) is 2.94. The van der Waals surface area contributed by atoms with Crippen LogP contribution in [0.2, 0.25) is 0 Å². The van der Waals surface area contributed by atoms with E-state index < -0.39 is 5.97 Å². The largest absolute Gasteiger partial charge is 0.478 e. The second-order valence-corrected chi connectivity index (χ2v) is 5.64. The van der Waals surface area contributed by atoms with E-state index in [1.54, 1.807) is 12.1 Å². The Hall–Kier alpha value is -2.02. The van der Waals surface area contributed by atoms with Gasteiger partial charge in [-0.05, 0) is 49.3 Å². The molecule has 0 amide bonds. The molecular formula is C15H16N2O2. The first kappa shape index (κ1) is 12.0. The molecule has 1 aliphatic carbocycles. The number of anilines is 1. The lowest BCUT2D eigenvalue weighted by Gasteiger charge is -2.34. The van der Waals surface area contributed by atoms with Gasteiger partial charge in [0.25, 0.3) is 0 Å². The molecule has 0 atom stereocenters. The van der Waals surface area contributed by atoms with Crippen molar-refractivity contribution in [3.8, 4) is 6.07 Å². The van der Waals surface area contributed by atoms with Crippen LogP contribution in [0.15, 0.2) is 18.2 Å². The molecule has 1 aliphatic heterocycles. The highest BCUT2D eigenvalue weighted by Gasteiger charge is 2.44. The zero-order valence-electron chi connectivity index (χ0n) is 10.7. The summed E-state index contributed by atoms with van der Waals surface area (Å²) in [6, 6.07) is 6.89. The van der Waals surface area contributed by atoms with Gasteiger partial charge in [0, 0.05) is 13.1 Å². The van der Waals surface area contributed by atoms with Crippen LogP contribution in [0.3, 0.4) is 0 Å². The molecule has 1 N–H and O–H groups in total. The van der Waals surface area contributed by atoms with E-state index in [2.05, 4.69) is 11.0 Å². The van der Waals surface area contributed by atoms with Crippen LogP contribution in [-0.4, -0.2) is 24.2 Å². The van der Waals surface area contributed by atoms with Crippen molar-refractivity contribution in [1.29, 1.82) is 5.26 Å². The van der Waals surface area contributed by atoms with Gasteiger partial charge in [-0.25, -0.2) is 4.79 Å². The average molecular weight is 256 g/mol. The van der Waals surface area contributed by atoms with Gasteiger partial charge in [0.05, 0.1) is 22.9 Å². The number of carbonyl (C=O) groups is 1. The number of nitriles is 1. The van der Waals surface area contributed by atoms with E-state index in [0.717, 1.165) is 25.9 Å². The van der Waals surface area contributed by atoms with Gasteiger partial charge in [-0.1, -0.05) is 0 Å². The topological polar surface area (TPSA) is 64.3 Å². The number of hydrogen-bond donors (Lipinski definition) is 1. The van der Waals surface area contributed by atoms with Gasteiger partial charge in [-0.15, -0.1) is 0 Å². The highest BCUT2D eigenvalue weighted by molar-refractivity contribution is 5.94. The molecule has 1 heterocycles. The molecule has 1 saturated heterocycles. The second kappa shape index (κ2) is 4.27. The van der Waals surface area contributed by atoms with Crippen LogP contribution in [0, 0.1) is 16.7 Å². The molecular weight excluding hydrogens is 240 g/mol. The predicted molar refractivity (Wildman–Crippen MR) is 71.2 cm³/mol. The van der Waals surface area contributed by atoms with Crippen LogP contribution in [0.25, 0.3) is 0 Å². The fourth-order valence-corrected chi connectivity index (χ4v) is 2.94. The Balaban J connectivity index is 1.90. The van der Waals surface area contributed by atoms with E-state index in [4.69, 9.17) is 5.26 Å². The van der Waals surface area contributed by atoms with Gasteiger partial charge in [0.2, 0.25) is 0 Å². The Morgan fingerprint density at radius 1 is 1.26 bits per heavy atom. The first-order valence-electron chi connectivity index (χ1n) is 6.66. The zero-order valence-corrected chi connectivity index (χ0v) is 10.7. The zero-order chi connectivity index (χ0) is 13.5. The Morgan fingerprint density at radius 3 is 2.47 bits per heavy atom. The average Bonchev–Trinajstić information content (AvgIpc) is 3.18. The maximum Gasteiger partial charge on any atom is 0.337 e. The maximum atomic E-state index is 11.3. The lowest BCUT2D eigenvalue weighted by Crippen LogP contribution is -2.35. The van der Waals surface area contributed by atoms with Crippen molar-refractivity contribution in [2.75, 3.05) is 18.0 Å². The van der Waals surface area contributed by atoms with E-state index in [1.807, 2.05) is 0 Å². The highest BCUT2D eigenvalue weighted by Crippen LogP contribution is 2.54. The minimum atomic E-state index is -0.925. The number of aromatic carboxylic acids is 1. The SMILES string of the molecule is N#Cc1ccc(C(=O)O)c(N2CCC3(CC2)CC3)c1. The Labute approximate surface area is 112 Å². The first-order chi connectivity index (χ1) is 9.13. The van der Waals surface area contributed by atoms with Crippen LogP contribution in [0.5, 0.6) is 0 Å². The third kappa shape index (κ3) is 2.17. The van der Waals surface area contributed by atoms with E-state index in [1.165, 1.54) is 18.9 Å². The normalized spacial score (nSPS) is 20.1. The van der Waals surface area contributed by atoms with E-state index >= 15 is 0 Å². The summed E-state index contributed by atoms with van der Waals surface area (Å²) in [5, 5.41) is 18.2. The minimum Gasteiger partial charge on any atom is -0.478 e. The summed E-state index contributed by atoms with van der Waals surface area (Å²) in [6.07, 6.45) is 4.93. The summed E-state index contributed by atoms with van der Waals surface area (Å²) in [6.45, 7) is 1.80. The van der Waals surface area contributed by atoms with Crippen molar-refractivity contribution in [1.82, 2.24) is 0 Å². The molecule has 2 fully saturated rings. The van der Waals surface area contributed by atoms with E-state index in [9.17, 15) is 9.90 Å². The minimum absolute atomic E-state index is 0.297. The molecule has 1 aromatic rings. The Morgan fingerprint density at radius 2 is 1.95 bits per heavy atom. The van der Waals surface area contributed by atoms with Gasteiger partial charge < -0.3 is 10.0 Å². The number of piperidine rings is 1. The van der Waals surface area contributed by atoms with E-state index in [0.29, 0.717) is 22.2 Å². The monoisotopic (exact) mass is 256 g/mol. The van der Waals surface area contributed by atoms with Crippen LogP contribution in [-0.2, 0) is 0 Å². The summed E-state index contributed by atoms with van der Waals surface area (Å²) < 4.78 is 0. The molecule has 1 aromatic carbocycles. The smallest absolute Gasteiger partial charge is 0.337 e. The third-order valence-electron chi connectivity index (χ3n) is 4.48. The maximum absolute atomic E-state index is 11.3. The summed E-state index contributed by atoms with van der Waals surface area (Å²) in [4.78, 5) is 13.4. The summed E-state index contributed by atoms with van der Waals surface area (Å²) in [7, 11) is 0. The molecule has 4 heteroatoms. The summed E-state index contributed by atoms with van der Waals surface area (Å²) in [5.74, 6) is -0.925. The molecule has 0 unspecified atom stereocenters. The van der Waals surface area contributed by atoms with Crippen LogP contribution < -0.4 is 4.90 Å².